The molecule has 21 heavy (non-hydrogen) atoms. The Kier molecular flexibility index (Phi) is 5.39. The molecule has 116 valence electrons. The standard InChI is InChI=1S/C12H15NO8/c1-6(14)20-8-4-9(12(16)19-3)11(13(17)18)10(5-8)21-7(2)15/h5,9-11H,4H2,1-3H3/t9-,10-,11+/m0/s1. The number of ether oxygens (including phenoxy) is 3. The fourth-order valence-electron chi connectivity index (χ4n) is 2.11. The van der Waals surface area contributed by atoms with Crippen LogP contribution in [0.2, 0.25) is 0 Å². The van der Waals surface area contributed by atoms with Crippen LogP contribution in [-0.4, -0.2) is 42.1 Å². The molecule has 0 N–H and O–H groups in total. The zero-order valence-corrected chi connectivity index (χ0v) is 11.7. The van der Waals surface area contributed by atoms with Gasteiger partial charge in [0.1, 0.15) is 11.7 Å². The summed E-state index contributed by atoms with van der Waals surface area (Å²) in [5.41, 5.74) is 0. The van der Waals surface area contributed by atoms with E-state index in [-0.39, 0.29) is 12.2 Å². The van der Waals surface area contributed by atoms with Gasteiger partial charge in [-0.05, 0) is 0 Å². The van der Waals surface area contributed by atoms with Crippen LogP contribution in [0.4, 0.5) is 0 Å². The highest BCUT2D eigenvalue weighted by molar-refractivity contribution is 5.74. The lowest BCUT2D eigenvalue weighted by Crippen LogP contribution is -2.48. The Labute approximate surface area is 120 Å². The fraction of sp³-hybridized carbons (Fsp3) is 0.583. The third-order valence-electron chi connectivity index (χ3n) is 2.84. The van der Waals surface area contributed by atoms with Crippen molar-refractivity contribution in [1.82, 2.24) is 0 Å². The summed E-state index contributed by atoms with van der Waals surface area (Å²) < 4.78 is 14.2. The van der Waals surface area contributed by atoms with Gasteiger partial charge in [-0.1, -0.05) is 0 Å². The van der Waals surface area contributed by atoms with Gasteiger partial charge in [0.05, 0.1) is 7.11 Å². The van der Waals surface area contributed by atoms with Crippen molar-refractivity contribution in [3.63, 3.8) is 0 Å². The molecule has 0 amide bonds. The average Bonchev–Trinajstić information content (AvgIpc) is 2.35. The Balaban J connectivity index is 3.17. The van der Waals surface area contributed by atoms with Crippen molar-refractivity contribution >= 4 is 17.9 Å². The second kappa shape index (κ2) is 6.82. The summed E-state index contributed by atoms with van der Waals surface area (Å²) in [6.45, 7) is 2.23. The number of allylic oxidation sites excluding steroid dienone is 1. The minimum atomic E-state index is -1.50. The molecule has 0 aliphatic heterocycles. The molecule has 0 aromatic rings. The monoisotopic (exact) mass is 301 g/mol. The number of hydrogen-bond donors (Lipinski definition) is 0. The molecule has 1 aliphatic rings. The molecule has 9 nitrogen and oxygen atoms in total. The summed E-state index contributed by atoms with van der Waals surface area (Å²) in [6.07, 6.45) is -0.338. The van der Waals surface area contributed by atoms with Crippen LogP contribution in [0.5, 0.6) is 0 Å². The second-order valence-corrected chi connectivity index (χ2v) is 4.41. The molecule has 0 unspecified atom stereocenters. The maximum absolute atomic E-state index is 11.7. The maximum Gasteiger partial charge on any atom is 0.316 e. The normalized spacial score (nSPS) is 24.5. The number of carbonyl (C=O) groups excluding carboxylic acids is 3. The molecule has 3 atom stereocenters. The van der Waals surface area contributed by atoms with Crippen molar-refractivity contribution in [2.75, 3.05) is 7.11 Å². The van der Waals surface area contributed by atoms with Gasteiger partial charge in [-0.25, -0.2) is 0 Å². The minimum Gasteiger partial charge on any atom is -0.469 e. The first-order chi connectivity index (χ1) is 9.76. The minimum absolute atomic E-state index is 0.0299. The van der Waals surface area contributed by atoms with Gasteiger partial charge in [0, 0.05) is 31.3 Å². The fourth-order valence-corrected chi connectivity index (χ4v) is 2.11. The third-order valence-corrected chi connectivity index (χ3v) is 2.84. The molecule has 0 bridgehead atoms. The quantitative estimate of drug-likeness (QED) is 0.312. The average molecular weight is 301 g/mol. The van der Waals surface area contributed by atoms with Crippen LogP contribution >= 0.6 is 0 Å². The summed E-state index contributed by atoms with van der Waals surface area (Å²) in [6, 6.07) is -1.50. The summed E-state index contributed by atoms with van der Waals surface area (Å²) in [5, 5.41) is 11.2. The summed E-state index contributed by atoms with van der Waals surface area (Å²) in [7, 11) is 1.09. The third kappa shape index (κ3) is 4.26. The van der Waals surface area contributed by atoms with Gasteiger partial charge in [-0.3, -0.25) is 24.5 Å². The van der Waals surface area contributed by atoms with Gasteiger partial charge >= 0.3 is 17.9 Å². The lowest BCUT2D eigenvalue weighted by Gasteiger charge is -2.28. The van der Waals surface area contributed by atoms with E-state index in [1.54, 1.807) is 0 Å². The highest BCUT2D eigenvalue weighted by Gasteiger charge is 2.49. The number of nitro groups is 1. The number of methoxy groups -OCH3 is 1. The predicted octanol–water partition coefficient (Wildman–Crippen LogP) is 0.203. The van der Waals surface area contributed by atoms with E-state index in [1.807, 2.05) is 0 Å². The van der Waals surface area contributed by atoms with E-state index in [4.69, 9.17) is 9.47 Å². The smallest absolute Gasteiger partial charge is 0.316 e. The Hall–Kier alpha value is -2.45. The van der Waals surface area contributed by atoms with Crippen LogP contribution in [0.1, 0.15) is 20.3 Å². The Morgan fingerprint density at radius 2 is 1.90 bits per heavy atom. The van der Waals surface area contributed by atoms with E-state index in [9.17, 15) is 24.5 Å². The molecule has 0 aromatic carbocycles. The van der Waals surface area contributed by atoms with E-state index in [2.05, 4.69) is 4.74 Å². The van der Waals surface area contributed by atoms with Crippen LogP contribution in [0.15, 0.2) is 11.8 Å². The van der Waals surface area contributed by atoms with E-state index < -0.39 is 40.9 Å². The van der Waals surface area contributed by atoms with E-state index >= 15 is 0 Å². The second-order valence-electron chi connectivity index (χ2n) is 4.41. The lowest BCUT2D eigenvalue weighted by molar-refractivity contribution is -0.539. The van der Waals surface area contributed by atoms with Crippen molar-refractivity contribution in [1.29, 1.82) is 0 Å². The molecular weight excluding hydrogens is 286 g/mol. The number of esters is 3. The van der Waals surface area contributed by atoms with E-state index in [0.717, 1.165) is 27.0 Å². The summed E-state index contributed by atoms with van der Waals surface area (Å²) >= 11 is 0. The molecule has 1 rings (SSSR count). The molecule has 0 saturated heterocycles. The number of nitrogens with zero attached hydrogens (tertiary/aromatic N) is 1. The first-order valence-corrected chi connectivity index (χ1v) is 6.04. The summed E-state index contributed by atoms with van der Waals surface area (Å²) in [4.78, 5) is 44.2. The van der Waals surface area contributed by atoms with Crippen molar-refractivity contribution < 1.29 is 33.5 Å². The Morgan fingerprint density at radius 1 is 1.29 bits per heavy atom. The first-order valence-electron chi connectivity index (χ1n) is 6.04. The molecule has 0 radical (unpaired) electrons. The maximum atomic E-state index is 11.7. The van der Waals surface area contributed by atoms with Gasteiger partial charge in [-0.2, -0.15) is 0 Å². The molecule has 0 aromatic heterocycles. The Bertz CT molecular complexity index is 497. The summed E-state index contributed by atoms with van der Waals surface area (Å²) in [5.74, 6) is -3.43. The zero-order valence-electron chi connectivity index (χ0n) is 11.7. The highest BCUT2D eigenvalue weighted by Crippen LogP contribution is 2.30. The highest BCUT2D eigenvalue weighted by atomic mass is 16.6. The van der Waals surface area contributed by atoms with Gasteiger partial charge in [0.15, 0.2) is 6.10 Å². The van der Waals surface area contributed by atoms with Gasteiger partial charge in [-0.15, -0.1) is 0 Å². The van der Waals surface area contributed by atoms with Crippen LogP contribution in [0.25, 0.3) is 0 Å². The molecule has 0 heterocycles. The number of rotatable bonds is 4. The van der Waals surface area contributed by atoms with Crippen molar-refractivity contribution in [2.24, 2.45) is 5.92 Å². The zero-order chi connectivity index (χ0) is 16.2. The van der Waals surface area contributed by atoms with Gasteiger partial charge < -0.3 is 14.2 Å². The van der Waals surface area contributed by atoms with E-state index in [1.165, 1.54) is 0 Å². The van der Waals surface area contributed by atoms with Crippen molar-refractivity contribution in [2.45, 2.75) is 32.4 Å². The number of carbonyl (C=O) groups is 3. The topological polar surface area (TPSA) is 122 Å². The molecule has 1 aliphatic carbocycles. The molecule has 0 fully saturated rings. The van der Waals surface area contributed by atoms with Crippen LogP contribution in [-0.2, 0) is 28.6 Å². The largest absolute Gasteiger partial charge is 0.469 e. The van der Waals surface area contributed by atoms with Crippen LogP contribution < -0.4 is 0 Å². The molecule has 0 saturated carbocycles. The van der Waals surface area contributed by atoms with Gasteiger partial charge in [0.2, 0.25) is 0 Å². The SMILES string of the molecule is COC(=O)[C@H]1CC(OC(C)=O)=C[C@H](OC(C)=O)[C@@H]1[N+](=O)[O-]. The van der Waals surface area contributed by atoms with Crippen LogP contribution in [0.3, 0.4) is 0 Å². The Morgan fingerprint density at radius 3 is 2.33 bits per heavy atom. The molecular formula is C12H15NO8. The van der Waals surface area contributed by atoms with Gasteiger partial charge in [0.25, 0.3) is 6.04 Å². The first kappa shape index (κ1) is 16.6. The van der Waals surface area contributed by atoms with E-state index in [0.29, 0.717) is 0 Å². The lowest BCUT2D eigenvalue weighted by atomic mass is 9.86. The molecule has 0 spiro atoms. The predicted molar refractivity (Wildman–Crippen MR) is 66.3 cm³/mol. The van der Waals surface area contributed by atoms with Crippen molar-refractivity contribution in [3.05, 3.63) is 21.9 Å². The number of hydrogen-bond acceptors (Lipinski definition) is 8. The van der Waals surface area contributed by atoms with Crippen LogP contribution in [0, 0.1) is 16.0 Å². The molecule has 9 heteroatoms. The van der Waals surface area contributed by atoms with Crippen molar-refractivity contribution in [3.8, 4) is 0 Å².